The maximum atomic E-state index is 2.34. The Morgan fingerprint density at radius 1 is 0.962 bits per heavy atom. The molecule has 2 aliphatic carbocycles. The molecule has 1 saturated carbocycles. The van der Waals surface area contributed by atoms with Crippen molar-refractivity contribution < 1.29 is 24.2 Å². The Hall–Kier alpha value is -1.46. The summed E-state index contributed by atoms with van der Waals surface area (Å²) in [4.78, 5) is 0. The SMILES string of the molecule is Cc1ccc(C2=CC=CC2)c2[cH-]c3ccccc3c12.[Zr]=[C]1CCCCC1. The van der Waals surface area contributed by atoms with Crippen molar-refractivity contribution in [1.82, 2.24) is 0 Å². The second kappa shape index (κ2) is 8.05. The van der Waals surface area contributed by atoms with Crippen molar-refractivity contribution in [3.05, 3.63) is 71.8 Å². The van der Waals surface area contributed by atoms with Crippen LogP contribution in [0.15, 0.2) is 60.7 Å². The van der Waals surface area contributed by atoms with E-state index in [9.17, 15) is 0 Å². The quantitative estimate of drug-likeness (QED) is 0.373. The van der Waals surface area contributed by atoms with Crippen molar-refractivity contribution >= 4 is 30.3 Å². The molecule has 0 atom stereocenters. The van der Waals surface area contributed by atoms with E-state index >= 15 is 0 Å². The minimum atomic E-state index is 1.06. The van der Waals surface area contributed by atoms with E-state index in [1.165, 1.54) is 70.3 Å². The van der Waals surface area contributed by atoms with Crippen LogP contribution in [0, 0.1) is 6.92 Å². The molecule has 3 aromatic rings. The molecule has 2 aliphatic rings. The molecule has 3 aromatic carbocycles. The van der Waals surface area contributed by atoms with Crippen LogP contribution in [0.25, 0.3) is 27.1 Å². The van der Waals surface area contributed by atoms with Crippen LogP contribution in [0.2, 0.25) is 0 Å². The molecule has 0 radical (unpaired) electrons. The molecule has 1 fully saturated rings. The molecule has 0 saturated heterocycles. The van der Waals surface area contributed by atoms with E-state index in [1.54, 1.807) is 27.4 Å². The van der Waals surface area contributed by atoms with Gasteiger partial charge in [-0.05, 0) is 13.3 Å². The Bertz CT molecular complexity index is 1010. The molecule has 0 nitrogen and oxygen atoms in total. The van der Waals surface area contributed by atoms with E-state index in [-0.39, 0.29) is 0 Å². The normalized spacial score (nSPS) is 16.6. The number of benzene rings is 2. The summed E-state index contributed by atoms with van der Waals surface area (Å²) in [6.45, 7) is 2.21. The Kier molecular flexibility index (Phi) is 5.55. The molecule has 0 amide bonds. The van der Waals surface area contributed by atoms with Crippen LogP contribution in [-0.4, -0.2) is 3.21 Å². The standard InChI is InChI=1S/C19H15.C6H10.Zr/c1-13-10-11-16(14-6-2-3-7-14)18-12-15-8-4-5-9-17(15)19(13)18;1-2-4-6-5-3-1;/h2-6,8-12H,7H2,1H3;1-5H2;/q-1;;. The van der Waals surface area contributed by atoms with Gasteiger partial charge in [0.2, 0.25) is 0 Å². The topological polar surface area (TPSA) is 0 Å². The monoisotopic (exact) mass is 415 g/mol. The molecular formula is C25H25Zr-. The van der Waals surface area contributed by atoms with Crippen molar-refractivity contribution in [2.75, 3.05) is 0 Å². The summed E-state index contributed by atoms with van der Waals surface area (Å²) in [6, 6.07) is 15.6. The van der Waals surface area contributed by atoms with E-state index < -0.39 is 0 Å². The third-order valence-electron chi connectivity index (χ3n) is 5.56. The zero-order valence-electron chi connectivity index (χ0n) is 15.5. The van der Waals surface area contributed by atoms with Crippen LogP contribution in [0.4, 0.5) is 0 Å². The molecule has 0 aromatic heterocycles. The number of hydrogen-bond donors (Lipinski definition) is 0. The average molecular weight is 417 g/mol. The molecular weight excluding hydrogens is 391 g/mol. The molecule has 0 spiro atoms. The van der Waals surface area contributed by atoms with Gasteiger partial charge >= 0.3 is 59.5 Å². The number of aryl methyl sites for hydroxylation is 1. The van der Waals surface area contributed by atoms with Gasteiger partial charge in [0.25, 0.3) is 0 Å². The first-order valence-corrected chi connectivity index (χ1v) is 11.0. The fraction of sp³-hybridized carbons (Fsp3) is 0.280. The van der Waals surface area contributed by atoms with E-state index in [4.69, 9.17) is 0 Å². The van der Waals surface area contributed by atoms with Gasteiger partial charge in [0.05, 0.1) is 0 Å². The predicted molar refractivity (Wildman–Crippen MR) is 112 cm³/mol. The van der Waals surface area contributed by atoms with Gasteiger partial charge in [-0.25, -0.2) is 0 Å². The van der Waals surface area contributed by atoms with Crippen LogP contribution in [0.5, 0.6) is 0 Å². The van der Waals surface area contributed by atoms with Gasteiger partial charge in [-0.2, -0.15) is 0 Å². The van der Waals surface area contributed by atoms with Gasteiger partial charge in [-0.3, -0.25) is 0 Å². The third-order valence-corrected chi connectivity index (χ3v) is 6.79. The summed E-state index contributed by atoms with van der Waals surface area (Å²) >= 11 is 1.69. The van der Waals surface area contributed by atoms with E-state index in [2.05, 4.69) is 67.6 Å². The van der Waals surface area contributed by atoms with Gasteiger partial charge in [-0.15, -0.1) is 33.7 Å². The van der Waals surface area contributed by atoms with Crippen LogP contribution in [0.3, 0.4) is 0 Å². The maximum absolute atomic E-state index is 2.34. The Morgan fingerprint density at radius 2 is 1.77 bits per heavy atom. The van der Waals surface area contributed by atoms with E-state index in [1.807, 2.05) is 0 Å². The Balaban J connectivity index is 0.000000204. The van der Waals surface area contributed by atoms with Crippen LogP contribution in [-0.2, 0) is 24.2 Å². The Labute approximate surface area is 171 Å². The molecule has 26 heavy (non-hydrogen) atoms. The summed E-state index contributed by atoms with van der Waals surface area (Å²) in [6.07, 6.45) is 15.0. The number of hydrogen-bond acceptors (Lipinski definition) is 0. The van der Waals surface area contributed by atoms with Crippen molar-refractivity contribution in [2.45, 2.75) is 45.4 Å². The van der Waals surface area contributed by atoms with Crippen LogP contribution >= 0.6 is 0 Å². The van der Waals surface area contributed by atoms with Crippen LogP contribution in [0.1, 0.15) is 49.7 Å². The summed E-state index contributed by atoms with van der Waals surface area (Å²) in [5.41, 5.74) is 4.19. The van der Waals surface area contributed by atoms with Gasteiger partial charge in [0.15, 0.2) is 0 Å². The zero-order valence-corrected chi connectivity index (χ0v) is 18.0. The number of rotatable bonds is 1. The molecule has 0 aliphatic heterocycles. The van der Waals surface area contributed by atoms with Crippen molar-refractivity contribution in [1.29, 1.82) is 0 Å². The molecule has 0 N–H and O–H groups in total. The minimum absolute atomic E-state index is 1.06. The number of allylic oxidation sites excluding steroid dienone is 4. The second-order valence-electron chi connectivity index (χ2n) is 7.44. The third kappa shape index (κ3) is 3.65. The van der Waals surface area contributed by atoms with Crippen molar-refractivity contribution in [3.8, 4) is 0 Å². The van der Waals surface area contributed by atoms with Crippen LogP contribution < -0.4 is 0 Å². The molecule has 1 heteroatoms. The first-order valence-electron chi connectivity index (χ1n) is 9.74. The first kappa shape index (κ1) is 17.9. The molecule has 0 unspecified atom stereocenters. The summed E-state index contributed by atoms with van der Waals surface area (Å²) < 4.78 is 1.80. The van der Waals surface area contributed by atoms with Crippen molar-refractivity contribution in [3.63, 3.8) is 0 Å². The van der Waals surface area contributed by atoms with Gasteiger partial charge in [0.1, 0.15) is 0 Å². The predicted octanol–water partition coefficient (Wildman–Crippen LogP) is 7.03. The average Bonchev–Trinajstić information content (AvgIpc) is 3.31. The van der Waals surface area contributed by atoms with Gasteiger partial charge in [0, 0.05) is 0 Å². The van der Waals surface area contributed by atoms with E-state index in [0.29, 0.717) is 0 Å². The second-order valence-corrected chi connectivity index (χ2v) is 9.18. The fourth-order valence-electron chi connectivity index (χ4n) is 4.15. The van der Waals surface area contributed by atoms with Gasteiger partial charge in [-0.1, -0.05) is 65.3 Å². The summed E-state index contributed by atoms with van der Waals surface area (Å²) in [7, 11) is 0. The molecule has 0 heterocycles. The Morgan fingerprint density at radius 3 is 2.46 bits per heavy atom. The number of fused-ring (bicyclic) bond motifs is 3. The fourth-order valence-corrected chi connectivity index (χ4v) is 5.02. The summed E-state index contributed by atoms with van der Waals surface area (Å²) in [5.74, 6) is 0. The zero-order chi connectivity index (χ0) is 17.9. The van der Waals surface area contributed by atoms with Gasteiger partial charge < -0.3 is 0 Å². The molecule has 0 bridgehead atoms. The summed E-state index contributed by atoms with van der Waals surface area (Å²) in [5, 5.41) is 5.54. The van der Waals surface area contributed by atoms with E-state index in [0.717, 1.165) is 6.42 Å². The molecule has 130 valence electrons. The molecule has 5 rings (SSSR count). The first-order chi connectivity index (χ1) is 12.7. The van der Waals surface area contributed by atoms with Crippen molar-refractivity contribution in [2.24, 2.45) is 0 Å².